The zero-order valence-corrected chi connectivity index (χ0v) is 17.2. The van der Waals surface area contributed by atoms with E-state index in [0.717, 1.165) is 42.7 Å². The van der Waals surface area contributed by atoms with Gasteiger partial charge in [0.05, 0.1) is 22.0 Å². The Hall–Kier alpha value is -3.48. The summed E-state index contributed by atoms with van der Waals surface area (Å²) in [7, 11) is 0. The molecule has 30 heavy (non-hydrogen) atoms. The number of amides is 1. The number of rotatable bonds is 9. The summed E-state index contributed by atoms with van der Waals surface area (Å²) in [4.78, 5) is 27.6. The van der Waals surface area contributed by atoms with Crippen molar-refractivity contribution in [1.82, 2.24) is 14.9 Å². The van der Waals surface area contributed by atoms with E-state index in [2.05, 4.69) is 22.9 Å². The number of para-hydroxylation sites is 2. The fraction of sp³-hybridized carbons (Fsp3) is 0.304. The van der Waals surface area contributed by atoms with E-state index in [4.69, 9.17) is 4.98 Å². The fourth-order valence-electron chi connectivity index (χ4n) is 3.42. The van der Waals surface area contributed by atoms with E-state index in [1.165, 1.54) is 18.2 Å². The van der Waals surface area contributed by atoms with E-state index < -0.39 is 4.92 Å². The minimum absolute atomic E-state index is 0.00766. The van der Waals surface area contributed by atoms with E-state index in [-0.39, 0.29) is 17.6 Å². The minimum Gasteiger partial charge on any atom is -0.343 e. The number of hydrogen-bond acceptors (Lipinski definition) is 4. The van der Waals surface area contributed by atoms with Crippen LogP contribution in [0.2, 0.25) is 0 Å². The highest BCUT2D eigenvalue weighted by Crippen LogP contribution is 2.22. The largest absolute Gasteiger partial charge is 0.343 e. The number of imidazole rings is 1. The number of aromatic nitrogens is 2. The second-order valence-electron chi connectivity index (χ2n) is 7.23. The van der Waals surface area contributed by atoms with Gasteiger partial charge in [-0.25, -0.2) is 4.98 Å². The van der Waals surface area contributed by atoms with Crippen molar-refractivity contribution in [1.29, 1.82) is 0 Å². The number of hydrogen-bond donors (Lipinski definition) is 1. The number of nitrogens with zero attached hydrogens (tertiary/aromatic N) is 3. The summed E-state index contributed by atoms with van der Waals surface area (Å²) in [5.41, 5.74) is 2.57. The maximum absolute atomic E-state index is 12.4. The van der Waals surface area contributed by atoms with Gasteiger partial charge in [-0.3, -0.25) is 14.9 Å². The molecule has 0 saturated heterocycles. The molecule has 0 spiro atoms. The van der Waals surface area contributed by atoms with E-state index >= 15 is 0 Å². The second-order valence-corrected chi connectivity index (χ2v) is 7.23. The Labute approximate surface area is 175 Å². The Morgan fingerprint density at radius 1 is 1.23 bits per heavy atom. The molecule has 0 saturated carbocycles. The minimum atomic E-state index is -0.456. The smallest absolute Gasteiger partial charge is 0.270 e. The molecule has 1 unspecified atom stereocenters. The van der Waals surface area contributed by atoms with Crippen molar-refractivity contribution < 1.29 is 9.72 Å². The van der Waals surface area contributed by atoms with Crippen molar-refractivity contribution in [3.63, 3.8) is 0 Å². The maximum atomic E-state index is 12.4. The lowest BCUT2D eigenvalue weighted by molar-refractivity contribution is -0.384. The molecule has 3 rings (SSSR count). The first kappa shape index (κ1) is 21.2. The van der Waals surface area contributed by atoms with E-state index in [0.29, 0.717) is 5.56 Å². The van der Waals surface area contributed by atoms with Crippen LogP contribution in [0.15, 0.2) is 54.6 Å². The van der Waals surface area contributed by atoms with Gasteiger partial charge in [0.1, 0.15) is 5.82 Å². The Bertz CT molecular complexity index is 1070. The lowest BCUT2D eigenvalue weighted by Crippen LogP contribution is -2.27. The van der Waals surface area contributed by atoms with Gasteiger partial charge in [0.15, 0.2) is 0 Å². The van der Waals surface area contributed by atoms with Crippen LogP contribution in [0.1, 0.15) is 50.5 Å². The van der Waals surface area contributed by atoms with Gasteiger partial charge in [-0.05, 0) is 37.1 Å². The van der Waals surface area contributed by atoms with Crippen LogP contribution >= 0.6 is 0 Å². The number of nitro benzene ring substituents is 1. The first-order chi connectivity index (χ1) is 14.5. The van der Waals surface area contributed by atoms with Crippen LogP contribution in [0.25, 0.3) is 17.1 Å². The number of unbranched alkanes of at least 4 members (excludes halogenated alkanes) is 2. The molecule has 7 heteroatoms. The fourth-order valence-corrected chi connectivity index (χ4v) is 3.42. The molecule has 0 aliphatic heterocycles. The average molecular weight is 406 g/mol. The summed E-state index contributed by atoms with van der Waals surface area (Å²) in [5, 5.41) is 13.8. The number of benzene rings is 2. The van der Waals surface area contributed by atoms with Crippen LogP contribution in [-0.2, 0) is 11.3 Å². The Kier molecular flexibility index (Phi) is 6.95. The molecular formula is C23H26N4O3. The van der Waals surface area contributed by atoms with Crippen molar-refractivity contribution in [3.05, 3.63) is 76.1 Å². The maximum Gasteiger partial charge on any atom is 0.270 e. The topological polar surface area (TPSA) is 90.1 Å². The Balaban J connectivity index is 1.75. The van der Waals surface area contributed by atoms with Gasteiger partial charge in [0, 0.05) is 24.8 Å². The van der Waals surface area contributed by atoms with Gasteiger partial charge in [0.2, 0.25) is 5.91 Å². The van der Waals surface area contributed by atoms with Gasteiger partial charge in [-0.15, -0.1) is 0 Å². The summed E-state index contributed by atoms with van der Waals surface area (Å²) in [6, 6.07) is 13.9. The highest BCUT2D eigenvalue weighted by Gasteiger charge is 2.17. The van der Waals surface area contributed by atoms with Crippen LogP contribution in [0, 0.1) is 10.1 Å². The highest BCUT2D eigenvalue weighted by atomic mass is 16.6. The molecule has 7 nitrogen and oxygen atoms in total. The van der Waals surface area contributed by atoms with E-state index in [9.17, 15) is 14.9 Å². The number of carbonyl (C=O) groups is 1. The molecular weight excluding hydrogens is 380 g/mol. The molecule has 0 radical (unpaired) electrons. The SMILES string of the molecule is CCCCCn1c(C(C)NC(=O)/C=C/c2cccc([N+](=O)[O-])c2)nc2ccccc21. The monoisotopic (exact) mass is 406 g/mol. The molecule has 0 aliphatic carbocycles. The summed E-state index contributed by atoms with van der Waals surface area (Å²) in [6.45, 7) is 4.94. The van der Waals surface area contributed by atoms with Gasteiger partial charge in [-0.1, -0.05) is 44.0 Å². The molecule has 0 bridgehead atoms. The van der Waals surface area contributed by atoms with Crippen LogP contribution in [0.5, 0.6) is 0 Å². The zero-order chi connectivity index (χ0) is 21.5. The van der Waals surface area contributed by atoms with Crippen LogP contribution in [0.3, 0.4) is 0 Å². The summed E-state index contributed by atoms with van der Waals surface area (Å²) in [5.74, 6) is 0.547. The molecule has 0 aliphatic rings. The van der Waals surface area contributed by atoms with Crippen molar-refractivity contribution in [2.75, 3.05) is 0 Å². The number of fused-ring (bicyclic) bond motifs is 1. The molecule has 1 aromatic heterocycles. The first-order valence-electron chi connectivity index (χ1n) is 10.2. The van der Waals surface area contributed by atoms with Crippen LogP contribution < -0.4 is 5.32 Å². The van der Waals surface area contributed by atoms with E-state index in [1.807, 2.05) is 25.1 Å². The van der Waals surface area contributed by atoms with Crippen molar-refractivity contribution in [2.24, 2.45) is 0 Å². The Morgan fingerprint density at radius 3 is 2.80 bits per heavy atom. The zero-order valence-electron chi connectivity index (χ0n) is 17.2. The van der Waals surface area contributed by atoms with Gasteiger partial charge >= 0.3 is 0 Å². The number of aryl methyl sites for hydroxylation is 1. The molecule has 0 fully saturated rings. The second kappa shape index (κ2) is 9.82. The molecule has 1 heterocycles. The van der Waals surface area contributed by atoms with Gasteiger partial charge in [0.25, 0.3) is 5.69 Å². The molecule has 1 amide bonds. The van der Waals surface area contributed by atoms with Gasteiger partial charge in [-0.2, -0.15) is 0 Å². The highest BCUT2D eigenvalue weighted by molar-refractivity contribution is 5.92. The molecule has 2 aromatic carbocycles. The molecule has 1 N–H and O–H groups in total. The number of carbonyl (C=O) groups excluding carboxylic acids is 1. The summed E-state index contributed by atoms with van der Waals surface area (Å²) in [6.07, 6.45) is 6.28. The average Bonchev–Trinajstić information content (AvgIpc) is 3.11. The molecule has 156 valence electrons. The number of nitro groups is 1. The first-order valence-corrected chi connectivity index (χ1v) is 10.2. The normalized spacial score (nSPS) is 12.3. The lowest BCUT2D eigenvalue weighted by Gasteiger charge is -2.15. The van der Waals surface area contributed by atoms with Crippen molar-refractivity contribution in [2.45, 2.75) is 45.7 Å². The Morgan fingerprint density at radius 2 is 2.03 bits per heavy atom. The van der Waals surface area contributed by atoms with Crippen molar-refractivity contribution in [3.8, 4) is 0 Å². The van der Waals surface area contributed by atoms with E-state index in [1.54, 1.807) is 18.2 Å². The lowest BCUT2D eigenvalue weighted by atomic mass is 10.2. The molecule has 1 atom stereocenters. The third-order valence-electron chi connectivity index (χ3n) is 4.92. The standard InChI is InChI=1S/C23H26N4O3/c1-3-4-7-15-26-21-12-6-5-11-20(21)25-23(26)17(2)24-22(28)14-13-18-9-8-10-19(16-18)27(29)30/h5-6,8-14,16-17H,3-4,7,15H2,1-2H3,(H,24,28)/b14-13+. The third-order valence-corrected chi connectivity index (χ3v) is 4.92. The van der Waals surface area contributed by atoms with Gasteiger partial charge < -0.3 is 9.88 Å². The molecule has 3 aromatic rings. The predicted octanol–water partition coefficient (Wildman–Crippen LogP) is 5.03. The van der Waals surface area contributed by atoms with Crippen LogP contribution in [-0.4, -0.2) is 20.4 Å². The third kappa shape index (κ3) is 5.11. The number of non-ortho nitro benzene ring substituents is 1. The van der Waals surface area contributed by atoms with Crippen LogP contribution in [0.4, 0.5) is 5.69 Å². The number of nitrogens with one attached hydrogen (secondary N) is 1. The van der Waals surface area contributed by atoms with Crippen molar-refractivity contribution >= 4 is 28.7 Å². The summed E-state index contributed by atoms with van der Waals surface area (Å²) < 4.78 is 2.18. The quantitative estimate of drug-likeness (QED) is 0.234. The predicted molar refractivity (Wildman–Crippen MR) is 118 cm³/mol. The summed E-state index contributed by atoms with van der Waals surface area (Å²) >= 11 is 0.